The number of hydrogen-bond donors (Lipinski definition) is 1. The summed E-state index contributed by atoms with van der Waals surface area (Å²) in [6.45, 7) is 0. The van der Waals surface area contributed by atoms with Gasteiger partial charge in [0.1, 0.15) is 0 Å². The Bertz CT molecular complexity index is 650. The molecule has 5 heteroatoms. The van der Waals surface area contributed by atoms with Crippen molar-refractivity contribution in [3.8, 4) is 0 Å². The van der Waals surface area contributed by atoms with Gasteiger partial charge < -0.3 is 5.32 Å². The molecule has 1 aliphatic carbocycles. The Morgan fingerprint density at radius 1 is 1.45 bits per heavy atom. The smallest absolute Gasteiger partial charge is 0.273 e. The zero-order valence-corrected chi connectivity index (χ0v) is 13.4. The van der Waals surface area contributed by atoms with Gasteiger partial charge in [0, 0.05) is 13.2 Å². The molecule has 1 aliphatic rings. The van der Waals surface area contributed by atoms with Crippen LogP contribution in [-0.2, 0) is 13.5 Å². The van der Waals surface area contributed by atoms with Gasteiger partial charge in [0.15, 0.2) is 5.69 Å². The van der Waals surface area contributed by atoms with E-state index in [-0.39, 0.29) is 11.9 Å². The molecular weight excluding hydrogens is 365 g/mol. The Balaban J connectivity index is 1.82. The molecule has 0 fully saturated rings. The van der Waals surface area contributed by atoms with Gasteiger partial charge >= 0.3 is 0 Å². The van der Waals surface area contributed by atoms with Gasteiger partial charge in [-0.25, -0.2) is 0 Å². The lowest BCUT2D eigenvalue weighted by Crippen LogP contribution is -2.31. The first-order valence-corrected chi connectivity index (χ1v) is 7.81. The predicted octanol–water partition coefficient (Wildman–Crippen LogP) is 2.83. The summed E-state index contributed by atoms with van der Waals surface area (Å²) >= 11 is 2.15. The molecule has 1 amide bonds. The normalized spacial score (nSPS) is 17.6. The number of amides is 1. The number of aryl methyl sites for hydroxylation is 2. The quantitative estimate of drug-likeness (QED) is 0.814. The molecular formula is C15H16IN3O. The summed E-state index contributed by atoms with van der Waals surface area (Å²) in [6, 6.07) is 8.46. The average molecular weight is 381 g/mol. The fraction of sp³-hybridized carbons (Fsp3) is 0.333. The van der Waals surface area contributed by atoms with Gasteiger partial charge in [-0.05, 0) is 53.0 Å². The second-order valence-corrected chi connectivity index (χ2v) is 6.28. The fourth-order valence-electron chi connectivity index (χ4n) is 2.74. The summed E-state index contributed by atoms with van der Waals surface area (Å²) in [5, 5.41) is 7.35. The van der Waals surface area contributed by atoms with Gasteiger partial charge in [0.25, 0.3) is 5.91 Å². The first-order valence-electron chi connectivity index (χ1n) is 6.73. The van der Waals surface area contributed by atoms with E-state index < -0.39 is 0 Å². The minimum atomic E-state index is -0.0864. The number of benzene rings is 1. The summed E-state index contributed by atoms with van der Waals surface area (Å²) in [5.74, 6) is -0.0864. The van der Waals surface area contributed by atoms with Crippen molar-refractivity contribution in [2.24, 2.45) is 7.05 Å². The largest absolute Gasteiger partial charge is 0.344 e. The van der Waals surface area contributed by atoms with E-state index in [1.165, 1.54) is 11.1 Å². The van der Waals surface area contributed by atoms with Crippen molar-refractivity contribution in [2.45, 2.75) is 25.3 Å². The average Bonchev–Trinajstić information content (AvgIpc) is 2.78. The predicted molar refractivity (Wildman–Crippen MR) is 85.5 cm³/mol. The molecule has 0 bridgehead atoms. The molecule has 4 nitrogen and oxygen atoms in total. The molecule has 1 heterocycles. The van der Waals surface area contributed by atoms with Crippen molar-refractivity contribution in [3.05, 3.63) is 50.9 Å². The highest BCUT2D eigenvalue weighted by Gasteiger charge is 2.23. The molecule has 1 aromatic heterocycles. The molecule has 1 N–H and O–H groups in total. The van der Waals surface area contributed by atoms with Crippen molar-refractivity contribution >= 4 is 28.5 Å². The van der Waals surface area contributed by atoms with Crippen molar-refractivity contribution in [1.29, 1.82) is 0 Å². The van der Waals surface area contributed by atoms with E-state index in [0.29, 0.717) is 5.69 Å². The summed E-state index contributed by atoms with van der Waals surface area (Å²) in [7, 11) is 1.83. The zero-order chi connectivity index (χ0) is 14.1. The molecule has 1 atom stereocenters. The summed E-state index contributed by atoms with van der Waals surface area (Å²) < 4.78 is 2.55. The lowest BCUT2D eigenvalue weighted by molar-refractivity contribution is 0.0926. The number of carbonyl (C=O) groups excluding carboxylic acids is 1. The molecule has 0 spiro atoms. The second-order valence-electron chi connectivity index (χ2n) is 5.12. The highest BCUT2D eigenvalue weighted by Crippen LogP contribution is 2.29. The molecule has 0 unspecified atom stereocenters. The maximum Gasteiger partial charge on any atom is 0.273 e. The van der Waals surface area contributed by atoms with Crippen molar-refractivity contribution in [3.63, 3.8) is 0 Å². The van der Waals surface area contributed by atoms with Crippen LogP contribution in [0, 0.1) is 3.57 Å². The molecule has 1 aromatic carbocycles. The number of fused-ring (bicyclic) bond motifs is 1. The number of carbonyl (C=O) groups is 1. The summed E-state index contributed by atoms with van der Waals surface area (Å²) in [6.07, 6.45) is 5.06. The minimum absolute atomic E-state index is 0.0864. The van der Waals surface area contributed by atoms with Gasteiger partial charge in [-0.3, -0.25) is 9.48 Å². The Hall–Kier alpha value is -1.37. The standard InChI is InChI=1S/C15H16IN3O/c1-19-9-12(16)14(18-19)15(20)17-13-8-4-6-10-5-2-3-7-11(10)13/h2-3,5,7,9,13H,4,6,8H2,1H3,(H,17,20)/t13-/m0/s1. The molecule has 0 saturated heterocycles. The number of nitrogens with one attached hydrogen (secondary N) is 1. The molecule has 104 valence electrons. The van der Waals surface area contributed by atoms with Crippen LogP contribution in [0.5, 0.6) is 0 Å². The van der Waals surface area contributed by atoms with Gasteiger partial charge in [0.2, 0.25) is 0 Å². The fourth-order valence-corrected chi connectivity index (χ4v) is 3.50. The van der Waals surface area contributed by atoms with Crippen LogP contribution in [-0.4, -0.2) is 15.7 Å². The molecule has 3 rings (SSSR count). The van der Waals surface area contributed by atoms with E-state index in [1.807, 2.05) is 19.3 Å². The lowest BCUT2D eigenvalue weighted by atomic mass is 9.88. The lowest BCUT2D eigenvalue weighted by Gasteiger charge is -2.26. The van der Waals surface area contributed by atoms with E-state index in [2.05, 4.69) is 51.2 Å². The monoisotopic (exact) mass is 381 g/mol. The van der Waals surface area contributed by atoms with Crippen molar-refractivity contribution in [1.82, 2.24) is 15.1 Å². The SMILES string of the molecule is Cn1cc(I)c(C(=O)N[C@H]2CCCc3ccccc32)n1. The number of halogens is 1. The first kappa shape index (κ1) is 13.6. The van der Waals surface area contributed by atoms with Crippen LogP contribution >= 0.6 is 22.6 Å². The number of aromatic nitrogens is 2. The highest BCUT2D eigenvalue weighted by molar-refractivity contribution is 14.1. The number of nitrogens with zero attached hydrogens (tertiary/aromatic N) is 2. The Morgan fingerprint density at radius 2 is 2.25 bits per heavy atom. The van der Waals surface area contributed by atoms with Crippen LogP contribution in [0.3, 0.4) is 0 Å². The Labute approximate surface area is 131 Å². The number of hydrogen-bond acceptors (Lipinski definition) is 2. The molecule has 2 aromatic rings. The summed E-state index contributed by atoms with van der Waals surface area (Å²) in [5.41, 5.74) is 3.11. The Kier molecular flexibility index (Phi) is 3.78. The molecule has 0 saturated carbocycles. The van der Waals surface area contributed by atoms with Crippen LogP contribution < -0.4 is 5.32 Å². The maximum absolute atomic E-state index is 12.4. The second kappa shape index (κ2) is 5.55. The third-order valence-electron chi connectivity index (χ3n) is 3.67. The van der Waals surface area contributed by atoms with E-state index in [4.69, 9.17) is 0 Å². The van der Waals surface area contributed by atoms with E-state index in [9.17, 15) is 4.79 Å². The molecule has 0 aliphatic heterocycles. The van der Waals surface area contributed by atoms with Gasteiger partial charge in [-0.15, -0.1) is 0 Å². The first-order chi connectivity index (χ1) is 9.65. The van der Waals surface area contributed by atoms with Crippen LogP contribution in [0.25, 0.3) is 0 Å². The number of rotatable bonds is 2. The van der Waals surface area contributed by atoms with Crippen LogP contribution in [0.1, 0.15) is 40.5 Å². The van der Waals surface area contributed by atoms with Gasteiger partial charge in [0.05, 0.1) is 9.61 Å². The third-order valence-corrected chi connectivity index (χ3v) is 4.46. The topological polar surface area (TPSA) is 46.9 Å². The summed E-state index contributed by atoms with van der Waals surface area (Å²) in [4.78, 5) is 12.4. The Morgan fingerprint density at radius 3 is 3.00 bits per heavy atom. The maximum atomic E-state index is 12.4. The van der Waals surface area contributed by atoms with Crippen LogP contribution in [0.4, 0.5) is 0 Å². The van der Waals surface area contributed by atoms with Crippen molar-refractivity contribution < 1.29 is 4.79 Å². The molecule has 20 heavy (non-hydrogen) atoms. The van der Waals surface area contributed by atoms with E-state index >= 15 is 0 Å². The third kappa shape index (κ3) is 2.59. The van der Waals surface area contributed by atoms with Crippen LogP contribution in [0.15, 0.2) is 30.5 Å². The van der Waals surface area contributed by atoms with E-state index in [0.717, 1.165) is 22.8 Å². The van der Waals surface area contributed by atoms with Crippen LogP contribution in [0.2, 0.25) is 0 Å². The van der Waals surface area contributed by atoms with Crippen molar-refractivity contribution in [2.75, 3.05) is 0 Å². The molecule has 0 radical (unpaired) electrons. The van der Waals surface area contributed by atoms with Gasteiger partial charge in [-0.1, -0.05) is 24.3 Å². The highest BCUT2D eigenvalue weighted by atomic mass is 127. The van der Waals surface area contributed by atoms with Gasteiger partial charge in [-0.2, -0.15) is 5.10 Å². The zero-order valence-electron chi connectivity index (χ0n) is 11.3. The minimum Gasteiger partial charge on any atom is -0.344 e. The van der Waals surface area contributed by atoms with E-state index in [1.54, 1.807) is 4.68 Å².